The molecule has 2 aromatic carbocycles. The van der Waals surface area contributed by atoms with E-state index >= 15 is 0 Å². The van der Waals surface area contributed by atoms with Crippen molar-refractivity contribution in [3.8, 4) is 16.8 Å². The molecule has 21 heavy (non-hydrogen) atoms. The Labute approximate surface area is 126 Å². The molecule has 0 fully saturated rings. The summed E-state index contributed by atoms with van der Waals surface area (Å²) in [5.74, 6) is -0.943. The Bertz CT molecular complexity index is 794. The van der Waals surface area contributed by atoms with Crippen LogP contribution in [0.3, 0.4) is 0 Å². The minimum absolute atomic E-state index is 0.251. The first-order valence-electron chi connectivity index (χ1n) is 6.28. The van der Waals surface area contributed by atoms with Crippen LogP contribution in [0.4, 0.5) is 0 Å². The van der Waals surface area contributed by atoms with E-state index in [2.05, 4.69) is 5.10 Å². The molecular weight excluding hydrogens is 288 g/mol. The van der Waals surface area contributed by atoms with Crippen LogP contribution in [0.5, 0.6) is 0 Å². The molecule has 0 saturated carbocycles. The largest absolute Gasteiger partial charge is 0.478 e. The molecule has 1 heterocycles. The molecular formula is C16H11ClN2O2. The number of benzene rings is 2. The molecule has 104 valence electrons. The molecule has 0 aliphatic rings. The molecule has 0 bridgehead atoms. The third-order valence-corrected chi connectivity index (χ3v) is 3.35. The summed E-state index contributed by atoms with van der Waals surface area (Å²) < 4.78 is 1.70. The van der Waals surface area contributed by atoms with Gasteiger partial charge in [-0.15, -0.1) is 0 Å². The van der Waals surface area contributed by atoms with Gasteiger partial charge in [-0.1, -0.05) is 23.7 Å². The lowest BCUT2D eigenvalue weighted by Gasteiger charge is -2.01. The predicted octanol–water partition coefficient (Wildman–Crippen LogP) is 3.89. The smallest absolute Gasteiger partial charge is 0.335 e. The highest BCUT2D eigenvalue weighted by Gasteiger charge is 2.06. The van der Waals surface area contributed by atoms with E-state index in [0.29, 0.717) is 5.02 Å². The predicted molar refractivity (Wildman–Crippen MR) is 81.0 cm³/mol. The van der Waals surface area contributed by atoms with Gasteiger partial charge in [0.05, 0.1) is 17.4 Å². The lowest BCUT2D eigenvalue weighted by atomic mass is 10.1. The van der Waals surface area contributed by atoms with Gasteiger partial charge in [-0.3, -0.25) is 0 Å². The van der Waals surface area contributed by atoms with E-state index in [1.165, 1.54) is 0 Å². The SMILES string of the molecule is O=C(O)c1ccc(-n2cc(-c3cccc(Cl)c3)cn2)cc1. The quantitative estimate of drug-likeness (QED) is 0.798. The highest BCUT2D eigenvalue weighted by molar-refractivity contribution is 6.30. The average molecular weight is 299 g/mol. The van der Waals surface area contributed by atoms with Crippen LogP contribution in [0, 0.1) is 0 Å². The Hall–Kier alpha value is -2.59. The van der Waals surface area contributed by atoms with Crippen LogP contribution >= 0.6 is 11.6 Å². The van der Waals surface area contributed by atoms with Gasteiger partial charge in [-0.05, 0) is 42.0 Å². The van der Waals surface area contributed by atoms with Crippen LogP contribution in [0.2, 0.25) is 5.02 Å². The van der Waals surface area contributed by atoms with Gasteiger partial charge in [0.15, 0.2) is 0 Å². The molecule has 1 aromatic heterocycles. The zero-order valence-electron chi connectivity index (χ0n) is 10.9. The Morgan fingerprint density at radius 1 is 1.10 bits per heavy atom. The van der Waals surface area contributed by atoms with Crippen LogP contribution in [-0.2, 0) is 0 Å². The number of carbonyl (C=O) groups is 1. The van der Waals surface area contributed by atoms with E-state index in [4.69, 9.17) is 16.7 Å². The van der Waals surface area contributed by atoms with Crippen LogP contribution in [0.25, 0.3) is 16.8 Å². The highest BCUT2D eigenvalue weighted by atomic mass is 35.5. The summed E-state index contributed by atoms with van der Waals surface area (Å²) in [4.78, 5) is 10.8. The number of nitrogens with zero attached hydrogens (tertiary/aromatic N) is 2. The molecule has 3 aromatic rings. The Morgan fingerprint density at radius 2 is 1.86 bits per heavy atom. The Morgan fingerprint density at radius 3 is 2.52 bits per heavy atom. The van der Waals surface area contributed by atoms with Crippen molar-refractivity contribution in [2.45, 2.75) is 0 Å². The van der Waals surface area contributed by atoms with Crippen LogP contribution < -0.4 is 0 Å². The van der Waals surface area contributed by atoms with Gasteiger partial charge < -0.3 is 5.11 Å². The number of carboxylic acid groups (broad SMARTS) is 1. The summed E-state index contributed by atoms with van der Waals surface area (Å²) >= 11 is 5.98. The molecule has 0 amide bonds. The second-order valence-corrected chi connectivity index (χ2v) is 4.97. The van der Waals surface area contributed by atoms with Crippen molar-refractivity contribution in [1.82, 2.24) is 9.78 Å². The zero-order chi connectivity index (χ0) is 14.8. The standard InChI is InChI=1S/C16H11ClN2O2/c17-14-3-1-2-12(8-14)13-9-18-19(10-13)15-6-4-11(5-7-15)16(20)21/h1-10H,(H,20,21). The number of aromatic nitrogens is 2. The van der Waals surface area contributed by atoms with E-state index in [1.54, 1.807) is 35.1 Å². The molecule has 0 unspecified atom stereocenters. The van der Waals surface area contributed by atoms with Crippen LogP contribution in [-0.4, -0.2) is 20.9 Å². The second kappa shape index (κ2) is 5.42. The highest BCUT2D eigenvalue weighted by Crippen LogP contribution is 2.23. The van der Waals surface area contributed by atoms with Gasteiger partial charge in [0.2, 0.25) is 0 Å². The molecule has 1 N–H and O–H groups in total. The van der Waals surface area contributed by atoms with E-state index in [-0.39, 0.29) is 5.56 Å². The summed E-state index contributed by atoms with van der Waals surface area (Å²) in [6, 6.07) is 14.1. The molecule has 5 heteroatoms. The number of halogens is 1. The normalized spacial score (nSPS) is 10.5. The van der Waals surface area contributed by atoms with Gasteiger partial charge in [-0.2, -0.15) is 5.10 Å². The van der Waals surface area contributed by atoms with Gasteiger partial charge in [0, 0.05) is 16.8 Å². The second-order valence-electron chi connectivity index (χ2n) is 4.54. The van der Waals surface area contributed by atoms with Crippen molar-refractivity contribution in [3.63, 3.8) is 0 Å². The Balaban J connectivity index is 1.93. The van der Waals surface area contributed by atoms with E-state index in [0.717, 1.165) is 16.8 Å². The lowest BCUT2D eigenvalue weighted by molar-refractivity contribution is 0.0697. The van der Waals surface area contributed by atoms with E-state index in [1.807, 2.05) is 30.5 Å². The minimum Gasteiger partial charge on any atom is -0.478 e. The third-order valence-electron chi connectivity index (χ3n) is 3.12. The average Bonchev–Trinajstić information content (AvgIpc) is 2.97. The summed E-state index contributed by atoms with van der Waals surface area (Å²) in [6.07, 6.45) is 3.62. The summed E-state index contributed by atoms with van der Waals surface area (Å²) in [5, 5.41) is 13.9. The fourth-order valence-corrected chi connectivity index (χ4v) is 2.23. The summed E-state index contributed by atoms with van der Waals surface area (Å²) in [7, 11) is 0. The number of carboxylic acids is 1. The fraction of sp³-hybridized carbons (Fsp3) is 0. The molecule has 0 aliphatic heterocycles. The first-order valence-corrected chi connectivity index (χ1v) is 6.65. The van der Waals surface area contributed by atoms with Gasteiger partial charge in [0.1, 0.15) is 0 Å². The summed E-state index contributed by atoms with van der Waals surface area (Å²) in [6.45, 7) is 0. The van der Waals surface area contributed by atoms with Crippen molar-refractivity contribution < 1.29 is 9.90 Å². The zero-order valence-corrected chi connectivity index (χ0v) is 11.7. The first kappa shape index (κ1) is 13.4. The molecule has 0 saturated heterocycles. The minimum atomic E-state index is -0.943. The maximum absolute atomic E-state index is 10.8. The van der Waals surface area contributed by atoms with E-state index in [9.17, 15) is 4.79 Å². The number of rotatable bonds is 3. The number of hydrogen-bond donors (Lipinski definition) is 1. The van der Waals surface area contributed by atoms with Crippen molar-refractivity contribution in [2.24, 2.45) is 0 Å². The molecule has 0 spiro atoms. The van der Waals surface area contributed by atoms with Gasteiger partial charge >= 0.3 is 5.97 Å². The summed E-state index contributed by atoms with van der Waals surface area (Å²) in [5.41, 5.74) is 2.98. The van der Waals surface area contributed by atoms with Gasteiger partial charge in [-0.25, -0.2) is 9.48 Å². The molecule has 0 radical (unpaired) electrons. The van der Waals surface area contributed by atoms with Crippen molar-refractivity contribution in [2.75, 3.05) is 0 Å². The maximum Gasteiger partial charge on any atom is 0.335 e. The maximum atomic E-state index is 10.8. The Kier molecular flexibility index (Phi) is 3.46. The van der Waals surface area contributed by atoms with E-state index < -0.39 is 5.97 Å². The topological polar surface area (TPSA) is 55.1 Å². The van der Waals surface area contributed by atoms with Crippen LogP contribution in [0.1, 0.15) is 10.4 Å². The first-order chi connectivity index (χ1) is 10.1. The molecule has 3 rings (SSSR count). The molecule has 0 aliphatic carbocycles. The van der Waals surface area contributed by atoms with Crippen LogP contribution in [0.15, 0.2) is 60.9 Å². The lowest BCUT2D eigenvalue weighted by Crippen LogP contribution is -1.98. The van der Waals surface area contributed by atoms with Gasteiger partial charge in [0.25, 0.3) is 0 Å². The third kappa shape index (κ3) is 2.80. The van der Waals surface area contributed by atoms with Crippen molar-refractivity contribution in [3.05, 3.63) is 71.5 Å². The molecule has 0 atom stereocenters. The number of aromatic carboxylic acids is 1. The molecule has 4 nitrogen and oxygen atoms in total. The van der Waals surface area contributed by atoms with Crippen molar-refractivity contribution in [1.29, 1.82) is 0 Å². The monoisotopic (exact) mass is 298 g/mol. The van der Waals surface area contributed by atoms with Crippen molar-refractivity contribution >= 4 is 17.6 Å². The fourth-order valence-electron chi connectivity index (χ4n) is 2.04. The number of hydrogen-bond acceptors (Lipinski definition) is 2.